The van der Waals surface area contributed by atoms with Crippen LogP contribution in [0.25, 0.3) is 4.96 Å². The fourth-order valence-corrected chi connectivity index (χ4v) is 4.49. The van der Waals surface area contributed by atoms with Gasteiger partial charge in [0.2, 0.25) is 5.91 Å². The Kier molecular flexibility index (Phi) is 5.19. The lowest BCUT2D eigenvalue weighted by Gasteiger charge is -2.23. The van der Waals surface area contributed by atoms with Crippen LogP contribution in [0.5, 0.6) is 0 Å². The zero-order valence-corrected chi connectivity index (χ0v) is 16.5. The number of nitrogens with zero attached hydrogens (tertiary/aromatic N) is 3. The van der Waals surface area contributed by atoms with Crippen LogP contribution in [0.2, 0.25) is 10.0 Å². The summed E-state index contributed by atoms with van der Waals surface area (Å²) in [6, 6.07) is 6.21. The highest BCUT2D eigenvalue weighted by Crippen LogP contribution is 2.27. The van der Waals surface area contributed by atoms with Crippen molar-refractivity contribution in [2.75, 3.05) is 11.9 Å². The standard InChI is InChI=1S/C18H16Cl2N4O2S/c19-11-3-4-14(13(20)8-11)22-17(26)15-2-1-5-23(15)10-12-9-16(25)24-6-7-27-18(24)21-12/h3-4,6-9,15H,1-2,5,10H2,(H,22,26)/t15-/m1/s1. The van der Waals surface area contributed by atoms with Crippen molar-refractivity contribution in [2.45, 2.75) is 25.4 Å². The molecule has 140 valence electrons. The summed E-state index contributed by atoms with van der Waals surface area (Å²) >= 11 is 13.5. The second-order valence-corrected chi connectivity index (χ2v) is 8.10. The lowest BCUT2D eigenvalue weighted by molar-refractivity contribution is -0.120. The molecule has 0 saturated carbocycles. The molecule has 0 spiro atoms. The third-order valence-corrected chi connectivity index (χ3v) is 5.88. The van der Waals surface area contributed by atoms with E-state index in [9.17, 15) is 9.59 Å². The van der Waals surface area contributed by atoms with Gasteiger partial charge in [0.25, 0.3) is 5.56 Å². The third kappa shape index (κ3) is 3.87. The van der Waals surface area contributed by atoms with Gasteiger partial charge in [0.15, 0.2) is 4.96 Å². The molecule has 1 saturated heterocycles. The van der Waals surface area contributed by atoms with E-state index >= 15 is 0 Å². The van der Waals surface area contributed by atoms with E-state index in [1.54, 1.807) is 24.4 Å². The Bertz CT molecular complexity index is 1060. The summed E-state index contributed by atoms with van der Waals surface area (Å²) in [6.45, 7) is 1.23. The van der Waals surface area contributed by atoms with E-state index in [0.29, 0.717) is 32.9 Å². The predicted molar refractivity (Wildman–Crippen MR) is 108 cm³/mol. The molecule has 0 unspecified atom stereocenters. The zero-order valence-electron chi connectivity index (χ0n) is 14.2. The summed E-state index contributed by atoms with van der Waals surface area (Å²) in [7, 11) is 0. The molecule has 1 atom stereocenters. The van der Waals surface area contributed by atoms with Crippen LogP contribution in [0.15, 0.2) is 40.6 Å². The number of halogens is 2. The number of nitrogens with one attached hydrogen (secondary N) is 1. The van der Waals surface area contributed by atoms with Crippen LogP contribution in [-0.4, -0.2) is 32.8 Å². The van der Waals surface area contributed by atoms with Crippen LogP contribution < -0.4 is 10.9 Å². The number of likely N-dealkylation sites (tertiary alicyclic amines) is 1. The van der Waals surface area contributed by atoms with Gasteiger partial charge >= 0.3 is 0 Å². The maximum Gasteiger partial charge on any atom is 0.258 e. The van der Waals surface area contributed by atoms with Crippen molar-refractivity contribution in [1.82, 2.24) is 14.3 Å². The van der Waals surface area contributed by atoms with Gasteiger partial charge in [-0.25, -0.2) is 4.98 Å². The van der Waals surface area contributed by atoms with Gasteiger partial charge in [-0.2, -0.15) is 0 Å². The number of hydrogen-bond acceptors (Lipinski definition) is 5. The molecule has 3 heterocycles. The number of anilines is 1. The Morgan fingerprint density at radius 1 is 1.33 bits per heavy atom. The minimum atomic E-state index is -0.291. The Morgan fingerprint density at radius 2 is 2.19 bits per heavy atom. The molecular formula is C18H16Cl2N4O2S. The average molecular weight is 423 g/mol. The quantitative estimate of drug-likeness (QED) is 0.696. The van der Waals surface area contributed by atoms with Gasteiger partial charge in [0.1, 0.15) is 0 Å². The molecule has 1 fully saturated rings. The van der Waals surface area contributed by atoms with Crippen LogP contribution in [0.3, 0.4) is 0 Å². The summed E-state index contributed by atoms with van der Waals surface area (Å²) in [5, 5.41) is 5.62. The topological polar surface area (TPSA) is 66.7 Å². The highest BCUT2D eigenvalue weighted by molar-refractivity contribution is 7.15. The lowest BCUT2D eigenvalue weighted by Crippen LogP contribution is -2.39. The second kappa shape index (κ2) is 7.59. The monoisotopic (exact) mass is 422 g/mol. The summed E-state index contributed by atoms with van der Waals surface area (Å²) in [4.78, 5) is 32.2. The van der Waals surface area contributed by atoms with Crippen molar-refractivity contribution in [3.8, 4) is 0 Å². The van der Waals surface area contributed by atoms with E-state index in [1.165, 1.54) is 21.8 Å². The molecule has 3 aromatic rings. The smallest absolute Gasteiger partial charge is 0.258 e. The number of carbonyl (C=O) groups excluding carboxylic acids is 1. The number of rotatable bonds is 4. The molecule has 1 N–H and O–H groups in total. The molecule has 1 amide bonds. The molecule has 4 rings (SSSR count). The second-order valence-electron chi connectivity index (χ2n) is 6.38. The molecule has 2 aromatic heterocycles. The Morgan fingerprint density at radius 3 is 3.00 bits per heavy atom. The van der Waals surface area contributed by atoms with Crippen molar-refractivity contribution in [2.24, 2.45) is 0 Å². The van der Waals surface area contributed by atoms with Crippen LogP contribution in [0, 0.1) is 0 Å². The minimum absolute atomic E-state index is 0.107. The molecule has 9 heteroatoms. The number of hydrogen-bond donors (Lipinski definition) is 1. The molecule has 0 bridgehead atoms. The van der Waals surface area contributed by atoms with Gasteiger partial charge in [0, 0.05) is 29.2 Å². The molecule has 27 heavy (non-hydrogen) atoms. The SMILES string of the molecule is O=C(Nc1ccc(Cl)cc1Cl)[C@H]1CCCN1Cc1cc(=O)n2ccsc2n1. The summed E-state index contributed by atoms with van der Waals surface area (Å²) in [6.07, 6.45) is 3.37. The molecule has 6 nitrogen and oxygen atoms in total. The van der Waals surface area contributed by atoms with E-state index in [-0.39, 0.29) is 17.5 Å². The number of carbonyl (C=O) groups is 1. The molecule has 1 aromatic carbocycles. The largest absolute Gasteiger partial charge is 0.323 e. The zero-order chi connectivity index (χ0) is 19.0. The average Bonchev–Trinajstić information content (AvgIpc) is 3.27. The van der Waals surface area contributed by atoms with E-state index in [1.807, 2.05) is 10.3 Å². The summed E-state index contributed by atoms with van der Waals surface area (Å²) in [5.41, 5.74) is 1.10. The number of benzene rings is 1. The van der Waals surface area contributed by atoms with E-state index in [4.69, 9.17) is 23.2 Å². The van der Waals surface area contributed by atoms with Crippen molar-refractivity contribution in [1.29, 1.82) is 0 Å². The fraction of sp³-hybridized carbons (Fsp3) is 0.278. The van der Waals surface area contributed by atoms with Crippen molar-refractivity contribution in [3.63, 3.8) is 0 Å². The van der Waals surface area contributed by atoms with Gasteiger partial charge in [-0.15, -0.1) is 11.3 Å². The predicted octanol–water partition coefficient (Wildman–Crippen LogP) is 3.67. The fourth-order valence-electron chi connectivity index (χ4n) is 3.30. The third-order valence-electron chi connectivity index (χ3n) is 4.58. The van der Waals surface area contributed by atoms with Crippen LogP contribution in [0.1, 0.15) is 18.5 Å². The normalized spacial score (nSPS) is 17.5. The first kappa shape index (κ1) is 18.4. The maximum absolute atomic E-state index is 12.8. The lowest BCUT2D eigenvalue weighted by atomic mass is 10.2. The van der Waals surface area contributed by atoms with Crippen LogP contribution in [0.4, 0.5) is 5.69 Å². The Balaban J connectivity index is 1.51. The van der Waals surface area contributed by atoms with Gasteiger partial charge in [-0.05, 0) is 37.6 Å². The van der Waals surface area contributed by atoms with Gasteiger partial charge < -0.3 is 5.32 Å². The first-order chi connectivity index (χ1) is 13.0. The number of thiazole rings is 1. The van der Waals surface area contributed by atoms with E-state index in [0.717, 1.165) is 19.4 Å². The molecule has 0 aliphatic carbocycles. The highest BCUT2D eigenvalue weighted by Gasteiger charge is 2.31. The molecular weight excluding hydrogens is 407 g/mol. The van der Waals surface area contributed by atoms with Crippen molar-refractivity contribution < 1.29 is 4.79 Å². The first-order valence-corrected chi connectivity index (χ1v) is 10.1. The van der Waals surface area contributed by atoms with Gasteiger partial charge in [-0.1, -0.05) is 23.2 Å². The Labute approximate surface area is 169 Å². The van der Waals surface area contributed by atoms with Crippen LogP contribution >= 0.6 is 34.5 Å². The van der Waals surface area contributed by atoms with Crippen molar-refractivity contribution in [3.05, 3.63) is 61.9 Å². The van der Waals surface area contributed by atoms with E-state index in [2.05, 4.69) is 10.3 Å². The minimum Gasteiger partial charge on any atom is -0.323 e. The van der Waals surface area contributed by atoms with Crippen LogP contribution in [-0.2, 0) is 11.3 Å². The highest BCUT2D eigenvalue weighted by atomic mass is 35.5. The Hall–Kier alpha value is -1.93. The molecule has 1 aliphatic heterocycles. The van der Waals surface area contributed by atoms with Gasteiger partial charge in [-0.3, -0.25) is 18.9 Å². The molecule has 0 radical (unpaired) electrons. The molecule has 1 aliphatic rings. The van der Waals surface area contributed by atoms with Crippen molar-refractivity contribution >= 4 is 51.1 Å². The van der Waals surface area contributed by atoms with Gasteiger partial charge in [0.05, 0.1) is 22.4 Å². The number of fused-ring (bicyclic) bond motifs is 1. The van der Waals surface area contributed by atoms with E-state index < -0.39 is 0 Å². The maximum atomic E-state index is 12.8. The summed E-state index contributed by atoms with van der Waals surface area (Å²) in [5.74, 6) is -0.120. The first-order valence-electron chi connectivity index (χ1n) is 8.47. The summed E-state index contributed by atoms with van der Waals surface area (Å²) < 4.78 is 1.52. The number of aromatic nitrogens is 2. The number of amides is 1.